The Balaban J connectivity index is 0.00000259. The van der Waals surface area contributed by atoms with Crippen molar-refractivity contribution in [1.29, 1.82) is 5.41 Å². The number of aliphatic imine (C=N–C) groups is 1. The van der Waals surface area contributed by atoms with Crippen molar-refractivity contribution in [2.45, 2.75) is 26.2 Å². The molecule has 8 nitrogen and oxygen atoms in total. The molecule has 5 rings (SSSR count). The normalized spacial score (nSPS) is 18.4. The molecule has 2 fully saturated rings. The van der Waals surface area contributed by atoms with Gasteiger partial charge in [-0.3, -0.25) is 9.98 Å². The summed E-state index contributed by atoms with van der Waals surface area (Å²) in [6, 6.07) is 8.04. The van der Waals surface area contributed by atoms with Crippen molar-refractivity contribution in [3.63, 3.8) is 0 Å². The number of rotatable bonds is 5. The van der Waals surface area contributed by atoms with Crippen molar-refractivity contribution in [1.82, 2.24) is 25.1 Å². The van der Waals surface area contributed by atoms with Crippen LogP contribution in [0.15, 0.2) is 48.2 Å². The van der Waals surface area contributed by atoms with Crippen molar-refractivity contribution >= 4 is 34.3 Å². The lowest BCUT2D eigenvalue weighted by Crippen LogP contribution is -2.41. The predicted octanol–water partition coefficient (Wildman–Crippen LogP) is 3.72. The van der Waals surface area contributed by atoms with E-state index in [0.29, 0.717) is 22.5 Å². The van der Waals surface area contributed by atoms with Crippen molar-refractivity contribution in [2.24, 2.45) is 10.4 Å². The molecular formula is C24H30N8. The van der Waals surface area contributed by atoms with Crippen LogP contribution in [0.3, 0.4) is 0 Å². The molecule has 0 aliphatic carbocycles. The van der Waals surface area contributed by atoms with E-state index in [2.05, 4.69) is 37.9 Å². The largest absolute Gasteiger partial charge is 0.357 e. The average molecular weight is 431 g/mol. The van der Waals surface area contributed by atoms with Crippen LogP contribution in [-0.4, -0.2) is 57.9 Å². The van der Waals surface area contributed by atoms with Gasteiger partial charge in [0.05, 0.1) is 28.8 Å². The minimum Gasteiger partial charge on any atom is -0.357 e. The van der Waals surface area contributed by atoms with Crippen LogP contribution in [0.1, 0.15) is 33.3 Å². The SMILES string of the molecule is C=C(N=C(C)C=N)c1cc2c(cn1)cnn2-c1cccc(N2CCC3(CCNC3)CC2)n1.[HH]. The maximum absolute atomic E-state index is 7.32. The molecule has 0 atom stereocenters. The zero-order valence-electron chi connectivity index (χ0n) is 18.4. The third kappa shape index (κ3) is 3.82. The number of aromatic nitrogens is 4. The number of piperidine rings is 1. The third-order valence-corrected chi connectivity index (χ3v) is 6.69. The van der Waals surface area contributed by atoms with Gasteiger partial charge in [0.2, 0.25) is 0 Å². The van der Waals surface area contributed by atoms with E-state index >= 15 is 0 Å². The molecule has 2 N–H and O–H groups in total. The molecule has 0 amide bonds. The van der Waals surface area contributed by atoms with Gasteiger partial charge in [0.1, 0.15) is 5.82 Å². The van der Waals surface area contributed by atoms with Gasteiger partial charge in [-0.1, -0.05) is 12.6 Å². The van der Waals surface area contributed by atoms with Gasteiger partial charge >= 0.3 is 0 Å². The van der Waals surface area contributed by atoms with E-state index in [0.717, 1.165) is 48.7 Å². The van der Waals surface area contributed by atoms with Gasteiger partial charge in [0.15, 0.2) is 5.82 Å². The maximum atomic E-state index is 7.32. The fraction of sp³-hybridized carbons (Fsp3) is 0.375. The molecule has 5 heterocycles. The maximum Gasteiger partial charge on any atom is 0.156 e. The first-order valence-corrected chi connectivity index (χ1v) is 11.1. The van der Waals surface area contributed by atoms with Crippen LogP contribution in [0, 0.1) is 10.8 Å². The second-order valence-corrected chi connectivity index (χ2v) is 8.80. The second kappa shape index (κ2) is 8.27. The Kier molecular flexibility index (Phi) is 5.30. The molecule has 8 heteroatoms. The number of anilines is 1. The number of hydrogen-bond acceptors (Lipinski definition) is 7. The standard InChI is InChI=1S/C24H28N8.H2/c1-17(13-25)29-18(2)20-12-21-19(14-27-20)15-28-32(21)23-5-3-4-22(30-23)31-10-7-24(8-11-31)6-9-26-16-24;/h3-5,12-15,25-26H,2,6-11,16H2,1H3;1H. The fourth-order valence-electron chi connectivity index (χ4n) is 4.70. The Morgan fingerprint density at radius 2 is 2.06 bits per heavy atom. The smallest absolute Gasteiger partial charge is 0.156 e. The highest BCUT2D eigenvalue weighted by Crippen LogP contribution is 2.38. The number of hydrogen-bond donors (Lipinski definition) is 2. The second-order valence-electron chi connectivity index (χ2n) is 8.80. The van der Waals surface area contributed by atoms with Crippen molar-refractivity contribution in [3.05, 3.63) is 48.9 Å². The molecule has 2 aliphatic rings. The molecule has 2 aliphatic heterocycles. The van der Waals surface area contributed by atoms with E-state index in [1.807, 2.05) is 22.9 Å². The molecule has 32 heavy (non-hydrogen) atoms. The van der Waals surface area contributed by atoms with E-state index in [-0.39, 0.29) is 1.43 Å². The minimum atomic E-state index is 0. The average Bonchev–Trinajstić information content (AvgIpc) is 3.46. The van der Waals surface area contributed by atoms with Crippen LogP contribution in [-0.2, 0) is 0 Å². The molecule has 1 spiro atoms. The van der Waals surface area contributed by atoms with Crippen LogP contribution >= 0.6 is 0 Å². The lowest BCUT2D eigenvalue weighted by atomic mass is 9.78. The molecule has 0 aromatic carbocycles. The van der Waals surface area contributed by atoms with E-state index in [9.17, 15) is 0 Å². The lowest BCUT2D eigenvalue weighted by Gasteiger charge is -2.39. The van der Waals surface area contributed by atoms with Gasteiger partial charge in [-0.25, -0.2) is 9.67 Å². The van der Waals surface area contributed by atoms with Crippen molar-refractivity contribution in [3.8, 4) is 5.82 Å². The summed E-state index contributed by atoms with van der Waals surface area (Å²) in [6.45, 7) is 10.1. The fourth-order valence-corrected chi connectivity index (χ4v) is 4.70. The van der Waals surface area contributed by atoms with Crippen molar-refractivity contribution in [2.75, 3.05) is 31.1 Å². The molecule has 0 saturated carbocycles. The Morgan fingerprint density at radius 3 is 2.81 bits per heavy atom. The predicted molar refractivity (Wildman–Crippen MR) is 131 cm³/mol. The van der Waals surface area contributed by atoms with Gasteiger partial charge in [-0.2, -0.15) is 5.10 Å². The zero-order valence-corrected chi connectivity index (χ0v) is 18.4. The molecular weight excluding hydrogens is 400 g/mol. The number of pyridine rings is 2. The molecule has 166 valence electrons. The first-order valence-electron chi connectivity index (χ1n) is 11.1. The van der Waals surface area contributed by atoms with Crippen LogP contribution < -0.4 is 10.2 Å². The first-order chi connectivity index (χ1) is 15.6. The number of nitrogens with zero attached hydrogens (tertiary/aromatic N) is 6. The summed E-state index contributed by atoms with van der Waals surface area (Å²) in [5, 5.41) is 16.4. The zero-order chi connectivity index (χ0) is 22.1. The van der Waals surface area contributed by atoms with Crippen molar-refractivity contribution < 1.29 is 1.43 Å². The quantitative estimate of drug-likeness (QED) is 0.602. The summed E-state index contributed by atoms with van der Waals surface area (Å²) in [7, 11) is 0. The van der Waals surface area contributed by atoms with Crippen LogP contribution in [0.5, 0.6) is 0 Å². The van der Waals surface area contributed by atoms with E-state index < -0.39 is 0 Å². The number of fused-ring (bicyclic) bond motifs is 1. The van der Waals surface area contributed by atoms with E-state index in [1.165, 1.54) is 25.5 Å². The van der Waals surface area contributed by atoms with Gasteiger partial charge in [-0.15, -0.1) is 0 Å². The monoisotopic (exact) mass is 430 g/mol. The highest BCUT2D eigenvalue weighted by atomic mass is 15.3. The van der Waals surface area contributed by atoms with Crippen LogP contribution in [0.2, 0.25) is 0 Å². The van der Waals surface area contributed by atoms with Gasteiger partial charge in [0.25, 0.3) is 0 Å². The van der Waals surface area contributed by atoms with Gasteiger partial charge < -0.3 is 15.6 Å². The summed E-state index contributed by atoms with van der Waals surface area (Å²) in [6.07, 6.45) is 8.49. The summed E-state index contributed by atoms with van der Waals surface area (Å²) in [5.41, 5.74) is 3.14. The molecule has 2 saturated heterocycles. The van der Waals surface area contributed by atoms with E-state index in [1.54, 1.807) is 19.3 Å². The Hall–Kier alpha value is -3.39. The summed E-state index contributed by atoms with van der Waals surface area (Å²) in [4.78, 5) is 16.1. The lowest BCUT2D eigenvalue weighted by molar-refractivity contribution is 0.247. The summed E-state index contributed by atoms with van der Waals surface area (Å²) in [5.74, 6) is 1.78. The van der Waals surface area contributed by atoms with Crippen LogP contribution in [0.4, 0.5) is 5.82 Å². The topological polar surface area (TPSA) is 95.1 Å². The Morgan fingerprint density at radius 1 is 1.25 bits per heavy atom. The minimum absolute atomic E-state index is 0. The van der Waals surface area contributed by atoms with E-state index in [4.69, 9.17) is 10.4 Å². The number of nitrogens with one attached hydrogen (secondary N) is 2. The highest BCUT2D eigenvalue weighted by molar-refractivity contribution is 6.29. The summed E-state index contributed by atoms with van der Waals surface area (Å²) < 4.78 is 1.84. The molecule has 3 aromatic rings. The molecule has 0 bridgehead atoms. The van der Waals surface area contributed by atoms with Gasteiger partial charge in [0, 0.05) is 38.9 Å². The molecule has 3 aromatic heterocycles. The first kappa shape index (κ1) is 20.5. The molecule has 0 radical (unpaired) electrons. The Bertz CT molecular complexity index is 1200. The van der Waals surface area contributed by atoms with Crippen LogP contribution in [0.25, 0.3) is 22.4 Å². The third-order valence-electron chi connectivity index (χ3n) is 6.69. The highest BCUT2D eigenvalue weighted by Gasteiger charge is 2.37. The van der Waals surface area contributed by atoms with Gasteiger partial charge in [-0.05, 0) is 56.3 Å². The molecule has 0 unspecified atom stereocenters. The summed E-state index contributed by atoms with van der Waals surface area (Å²) >= 11 is 0. The Labute approximate surface area is 189 Å².